The third-order valence-electron chi connectivity index (χ3n) is 2.97. The molecule has 0 heterocycles. The third kappa shape index (κ3) is 3.38. The molecule has 19 heavy (non-hydrogen) atoms. The number of aromatic hydroxyl groups is 1. The molecule has 4 heteroatoms. The highest BCUT2D eigenvalue weighted by molar-refractivity contribution is 6.30. The molecule has 2 nitrogen and oxygen atoms in total. The number of phenolic OH excluding ortho intramolecular Hbond substituents is 1. The van der Waals surface area contributed by atoms with Gasteiger partial charge in [-0.1, -0.05) is 30.7 Å². The normalized spacial score (nSPS) is 12.2. The molecule has 2 rings (SSSR count). The van der Waals surface area contributed by atoms with Crippen molar-refractivity contribution in [3.63, 3.8) is 0 Å². The predicted molar refractivity (Wildman–Crippen MR) is 76.2 cm³/mol. The Kier molecular flexibility index (Phi) is 4.27. The first-order valence-electron chi connectivity index (χ1n) is 6.10. The number of hydrogen-bond acceptors (Lipinski definition) is 2. The van der Waals surface area contributed by atoms with Gasteiger partial charge < -0.3 is 10.4 Å². The van der Waals surface area contributed by atoms with Crippen LogP contribution >= 0.6 is 11.6 Å². The summed E-state index contributed by atoms with van der Waals surface area (Å²) in [5.41, 5.74) is 1.72. The van der Waals surface area contributed by atoms with Crippen LogP contribution in [0, 0.1) is 5.82 Å². The van der Waals surface area contributed by atoms with Gasteiger partial charge in [0.05, 0.1) is 6.04 Å². The van der Waals surface area contributed by atoms with Crippen molar-refractivity contribution in [2.24, 2.45) is 0 Å². The Bertz CT molecular complexity index is 557. The number of hydrogen-bond donors (Lipinski definition) is 2. The highest BCUT2D eigenvalue weighted by atomic mass is 35.5. The van der Waals surface area contributed by atoms with Gasteiger partial charge in [0.2, 0.25) is 0 Å². The fourth-order valence-electron chi connectivity index (χ4n) is 1.91. The Balaban J connectivity index is 2.18. The second-order valence-electron chi connectivity index (χ2n) is 4.32. The van der Waals surface area contributed by atoms with Crippen LogP contribution in [0.2, 0.25) is 5.02 Å². The number of benzene rings is 2. The van der Waals surface area contributed by atoms with Gasteiger partial charge >= 0.3 is 0 Å². The van der Waals surface area contributed by atoms with Gasteiger partial charge in [-0.3, -0.25) is 0 Å². The Morgan fingerprint density at radius 2 is 1.89 bits per heavy atom. The molecule has 2 N–H and O–H groups in total. The lowest BCUT2D eigenvalue weighted by Gasteiger charge is -2.19. The molecule has 2 aromatic rings. The van der Waals surface area contributed by atoms with Crippen LogP contribution in [0.4, 0.5) is 10.1 Å². The van der Waals surface area contributed by atoms with E-state index in [0.29, 0.717) is 10.7 Å². The highest BCUT2D eigenvalue weighted by Crippen LogP contribution is 2.26. The first-order valence-corrected chi connectivity index (χ1v) is 6.48. The summed E-state index contributed by atoms with van der Waals surface area (Å²) in [5, 5.41) is 13.1. The molecule has 0 aliphatic heterocycles. The summed E-state index contributed by atoms with van der Waals surface area (Å²) in [4.78, 5) is 0. The molecule has 0 fully saturated rings. The van der Waals surface area contributed by atoms with Crippen LogP contribution in [-0.4, -0.2) is 5.11 Å². The molecule has 100 valence electrons. The zero-order chi connectivity index (χ0) is 13.8. The van der Waals surface area contributed by atoms with Crippen LogP contribution in [-0.2, 0) is 0 Å². The molecule has 0 aliphatic carbocycles. The summed E-state index contributed by atoms with van der Waals surface area (Å²) in [6, 6.07) is 11.9. The largest absolute Gasteiger partial charge is 0.505 e. The Hall–Kier alpha value is -1.74. The molecule has 0 amide bonds. The van der Waals surface area contributed by atoms with Crippen LogP contribution < -0.4 is 5.32 Å². The zero-order valence-electron chi connectivity index (χ0n) is 10.5. The van der Waals surface area contributed by atoms with E-state index in [1.807, 2.05) is 31.2 Å². The lowest BCUT2D eigenvalue weighted by atomic mass is 10.0. The van der Waals surface area contributed by atoms with Gasteiger partial charge in [0.25, 0.3) is 0 Å². The number of anilines is 1. The summed E-state index contributed by atoms with van der Waals surface area (Å²) in [6.45, 7) is 2.04. The molecule has 0 saturated carbocycles. The van der Waals surface area contributed by atoms with Crippen molar-refractivity contribution in [1.29, 1.82) is 0 Å². The molecular weight excluding hydrogens is 265 g/mol. The van der Waals surface area contributed by atoms with E-state index in [9.17, 15) is 4.39 Å². The Morgan fingerprint density at radius 3 is 2.47 bits per heavy atom. The average molecular weight is 280 g/mol. The number of halogens is 2. The van der Waals surface area contributed by atoms with E-state index in [1.54, 1.807) is 6.07 Å². The molecular formula is C15H15ClFNO. The lowest BCUT2D eigenvalue weighted by molar-refractivity contribution is 0.432. The Morgan fingerprint density at radius 1 is 1.21 bits per heavy atom. The second kappa shape index (κ2) is 5.93. The van der Waals surface area contributed by atoms with Crippen LogP contribution in [0.5, 0.6) is 5.75 Å². The van der Waals surface area contributed by atoms with Crippen molar-refractivity contribution >= 4 is 17.3 Å². The molecule has 0 aliphatic rings. The SMILES string of the molecule is CCC(Nc1ccc(O)c(F)c1)c1ccc(Cl)cc1. The van der Waals surface area contributed by atoms with Crippen LogP contribution in [0.25, 0.3) is 0 Å². The van der Waals surface area contributed by atoms with E-state index < -0.39 is 5.82 Å². The smallest absolute Gasteiger partial charge is 0.166 e. The average Bonchev–Trinajstić information content (AvgIpc) is 2.41. The number of rotatable bonds is 4. The standard InChI is InChI=1S/C15H15ClFNO/c1-2-14(10-3-5-11(16)6-4-10)18-12-7-8-15(19)13(17)9-12/h3-9,14,18-19H,2H2,1H3. The summed E-state index contributed by atoms with van der Waals surface area (Å²) in [5.74, 6) is -0.971. The minimum atomic E-state index is -0.629. The molecule has 0 radical (unpaired) electrons. The van der Waals surface area contributed by atoms with E-state index in [0.717, 1.165) is 12.0 Å². The first kappa shape index (κ1) is 13.7. The number of phenols is 1. The van der Waals surface area contributed by atoms with Crippen LogP contribution in [0.3, 0.4) is 0 Å². The molecule has 0 aromatic heterocycles. The van der Waals surface area contributed by atoms with Gasteiger partial charge in [0.1, 0.15) is 0 Å². The van der Waals surface area contributed by atoms with Crippen molar-refractivity contribution in [3.05, 3.63) is 58.9 Å². The number of nitrogens with one attached hydrogen (secondary N) is 1. The quantitative estimate of drug-likeness (QED) is 0.792. The van der Waals surface area contributed by atoms with Crippen molar-refractivity contribution in [2.75, 3.05) is 5.32 Å². The van der Waals surface area contributed by atoms with E-state index in [1.165, 1.54) is 12.1 Å². The summed E-state index contributed by atoms with van der Waals surface area (Å²) in [6.07, 6.45) is 0.851. The van der Waals surface area contributed by atoms with E-state index in [-0.39, 0.29) is 11.8 Å². The molecule has 0 bridgehead atoms. The topological polar surface area (TPSA) is 32.3 Å². The maximum atomic E-state index is 13.3. The van der Waals surface area contributed by atoms with Crippen LogP contribution in [0.15, 0.2) is 42.5 Å². The lowest BCUT2D eigenvalue weighted by Crippen LogP contribution is -2.09. The van der Waals surface area contributed by atoms with Gasteiger partial charge in [-0.15, -0.1) is 0 Å². The Labute approximate surface area is 116 Å². The molecule has 2 aromatic carbocycles. The maximum Gasteiger partial charge on any atom is 0.166 e. The second-order valence-corrected chi connectivity index (χ2v) is 4.76. The summed E-state index contributed by atoms with van der Waals surface area (Å²) >= 11 is 5.86. The van der Waals surface area contributed by atoms with Gasteiger partial charge in [0, 0.05) is 16.8 Å². The minimum Gasteiger partial charge on any atom is -0.505 e. The monoisotopic (exact) mass is 279 g/mol. The van der Waals surface area contributed by atoms with E-state index in [2.05, 4.69) is 5.32 Å². The van der Waals surface area contributed by atoms with E-state index >= 15 is 0 Å². The fourth-order valence-corrected chi connectivity index (χ4v) is 2.04. The summed E-state index contributed by atoms with van der Waals surface area (Å²) in [7, 11) is 0. The fraction of sp³-hybridized carbons (Fsp3) is 0.200. The predicted octanol–water partition coefficient (Wildman–Crippen LogP) is 4.75. The third-order valence-corrected chi connectivity index (χ3v) is 3.22. The van der Waals surface area contributed by atoms with Gasteiger partial charge in [-0.2, -0.15) is 0 Å². The van der Waals surface area contributed by atoms with E-state index in [4.69, 9.17) is 16.7 Å². The molecule has 0 saturated heterocycles. The molecule has 1 unspecified atom stereocenters. The summed E-state index contributed by atoms with van der Waals surface area (Å²) < 4.78 is 13.3. The highest BCUT2D eigenvalue weighted by Gasteiger charge is 2.10. The van der Waals surface area contributed by atoms with Gasteiger partial charge in [-0.05, 0) is 36.2 Å². The molecule has 0 spiro atoms. The zero-order valence-corrected chi connectivity index (χ0v) is 11.3. The maximum absolute atomic E-state index is 13.3. The van der Waals surface area contributed by atoms with Crippen molar-refractivity contribution < 1.29 is 9.50 Å². The van der Waals surface area contributed by atoms with Crippen molar-refractivity contribution in [2.45, 2.75) is 19.4 Å². The first-order chi connectivity index (χ1) is 9.10. The van der Waals surface area contributed by atoms with Crippen molar-refractivity contribution in [1.82, 2.24) is 0 Å². The minimum absolute atomic E-state index is 0.0706. The van der Waals surface area contributed by atoms with Gasteiger partial charge in [-0.25, -0.2) is 4.39 Å². The van der Waals surface area contributed by atoms with Crippen LogP contribution in [0.1, 0.15) is 24.9 Å². The molecule has 1 atom stereocenters. The van der Waals surface area contributed by atoms with Crippen molar-refractivity contribution in [3.8, 4) is 5.75 Å². The van der Waals surface area contributed by atoms with Gasteiger partial charge in [0.15, 0.2) is 11.6 Å².